The molecule has 0 spiro atoms. The molecule has 1 aliphatic carbocycles. The number of hydrogen-bond acceptors (Lipinski definition) is 2. The van der Waals surface area contributed by atoms with Crippen molar-refractivity contribution in [2.45, 2.75) is 58.8 Å². The molecule has 3 N–H and O–H groups in total. The Labute approximate surface area is 226 Å². The second-order valence-electron chi connectivity index (χ2n) is 8.39. The molecule has 1 aromatic rings. The lowest BCUT2D eigenvalue weighted by Crippen LogP contribution is -2.29. The van der Waals surface area contributed by atoms with E-state index in [1.54, 1.807) is 0 Å². The third-order valence-corrected chi connectivity index (χ3v) is 10.6. The van der Waals surface area contributed by atoms with Crippen LogP contribution in [0.3, 0.4) is 0 Å². The van der Waals surface area contributed by atoms with E-state index in [1.807, 2.05) is 5.83 Å². The number of alkyl halides is 1. The Bertz CT molecular complexity index is 912. The SMILES string of the molecule is C/C=C(\C=C/CC)[P+](CCCCC(=O)NCCCNC(=O)O)(C1=CCCC=C1)c1ccccc1.CBr. The van der Waals surface area contributed by atoms with Gasteiger partial charge >= 0.3 is 6.09 Å². The predicted octanol–water partition coefficient (Wildman–Crippen LogP) is 7.39. The Morgan fingerprint density at radius 2 is 1.78 bits per heavy atom. The van der Waals surface area contributed by atoms with Crippen LogP contribution in [0, 0.1) is 0 Å². The summed E-state index contributed by atoms with van der Waals surface area (Å²) in [6.07, 6.45) is 20.0. The third kappa shape index (κ3) is 10.4. The van der Waals surface area contributed by atoms with E-state index in [-0.39, 0.29) is 5.91 Å². The maximum atomic E-state index is 12.3. The van der Waals surface area contributed by atoms with Crippen LogP contribution in [0.2, 0.25) is 0 Å². The number of benzene rings is 1. The van der Waals surface area contributed by atoms with Crippen LogP contribution in [-0.2, 0) is 4.79 Å². The van der Waals surface area contributed by atoms with Crippen LogP contribution in [0.1, 0.15) is 58.8 Å². The molecule has 0 aromatic heterocycles. The van der Waals surface area contributed by atoms with Gasteiger partial charge in [-0.15, -0.1) is 0 Å². The van der Waals surface area contributed by atoms with Crippen molar-refractivity contribution in [1.82, 2.24) is 10.6 Å². The van der Waals surface area contributed by atoms with Crippen LogP contribution < -0.4 is 15.9 Å². The van der Waals surface area contributed by atoms with Crippen molar-refractivity contribution >= 4 is 40.5 Å². The average Bonchev–Trinajstić information content (AvgIpc) is 2.92. The normalized spacial score (nSPS) is 14.9. The smallest absolute Gasteiger partial charge is 0.404 e. The number of carbonyl (C=O) groups is 2. The lowest BCUT2D eigenvalue weighted by atomic mass is 10.2. The molecule has 36 heavy (non-hydrogen) atoms. The minimum Gasteiger partial charge on any atom is -0.465 e. The Morgan fingerprint density at radius 1 is 1.06 bits per heavy atom. The molecule has 0 saturated heterocycles. The van der Waals surface area contributed by atoms with Crippen LogP contribution >= 0.6 is 23.2 Å². The van der Waals surface area contributed by atoms with Crippen molar-refractivity contribution in [2.24, 2.45) is 0 Å². The topological polar surface area (TPSA) is 78.4 Å². The number of nitrogens with one attached hydrogen (secondary N) is 2. The van der Waals surface area contributed by atoms with Gasteiger partial charge in [-0.25, -0.2) is 4.79 Å². The summed E-state index contributed by atoms with van der Waals surface area (Å²) in [5, 5.41) is 18.1. The highest BCUT2D eigenvalue weighted by Gasteiger charge is 2.46. The number of rotatable bonds is 14. The van der Waals surface area contributed by atoms with Gasteiger partial charge in [-0.2, -0.15) is 0 Å². The van der Waals surface area contributed by atoms with Gasteiger partial charge in [0, 0.05) is 19.5 Å². The summed E-state index contributed by atoms with van der Waals surface area (Å²) in [6.45, 7) is 5.15. The Balaban J connectivity index is 0.00000316. The molecule has 1 aromatic carbocycles. The summed E-state index contributed by atoms with van der Waals surface area (Å²) in [4.78, 5) is 22.8. The summed E-state index contributed by atoms with van der Waals surface area (Å²) >= 11 is 2.94. The molecular formula is C29H43BrN2O3P+. The molecule has 5 nitrogen and oxygen atoms in total. The molecule has 0 bridgehead atoms. The lowest BCUT2D eigenvalue weighted by Gasteiger charge is -2.30. The van der Waals surface area contributed by atoms with Crippen LogP contribution in [0.4, 0.5) is 4.79 Å². The summed E-state index contributed by atoms with van der Waals surface area (Å²) in [5.74, 6) is 1.85. The summed E-state index contributed by atoms with van der Waals surface area (Å²) in [5.41, 5.74) is 0. The highest BCUT2D eigenvalue weighted by atomic mass is 79.9. The monoisotopic (exact) mass is 577 g/mol. The summed E-state index contributed by atoms with van der Waals surface area (Å²) in [6, 6.07) is 10.9. The molecule has 0 fully saturated rings. The average molecular weight is 579 g/mol. The first kappa shape index (κ1) is 31.9. The minimum absolute atomic E-state index is 0.0351. The van der Waals surface area contributed by atoms with Gasteiger partial charge in [0.15, 0.2) is 0 Å². The molecule has 1 atom stereocenters. The van der Waals surface area contributed by atoms with Gasteiger partial charge in [0.25, 0.3) is 0 Å². The van der Waals surface area contributed by atoms with Gasteiger partial charge in [0.05, 0.1) is 11.5 Å². The number of unbranched alkanes of at least 4 members (excludes halogenated alkanes) is 1. The highest BCUT2D eigenvalue weighted by Crippen LogP contribution is 2.72. The summed E-state index contributed by atoms with van der Waals surface area (Å²) < 4.78 is 0. The molecule has 0 radical (unpaired) electrons. The van der Waals surface area contributed by atoms with Crippen molar-refractivity contribution in [1.29, 1.82) is 0 Å². The highest BCUT2D eigenvalue weighted by molar-refractivity contribution is 9.08. The van der Waals surface area contributed by atoms with E-state index < -0.39 is 13.4 Å². The Morgan fingerprint density at radius 3 is 2.39 bits per heavy atom. The number of amides is 2. The molecule has 1 aliphatic rings. The van der Waals surface area contributed by atoms with E-state index in [0.29, 0.717) is 25.9 Å². The van der Waals surface area contributed by atoms with E-state index in [9.17, 15) is 9.59 Å². The first-order valence-electron chi connectivity index (χ1n) is 12.8. The maximum absolute atomic E-state index is 12.3. The van der Waals surface area contributed by atoms with Crippen LogP contribution in [0.15, 0.2) is 77.4 Å². The maximum Gasteiger partial charge on any atom is 0.404 e. The standard InChI is InChI=1S/C28H39N2O3P.CH3Br/c1-3-5-15-24(4-2)34(25-16-8-6-9-17-25,26-18-10-7-11-19-26)23-13-12-20-27(31)29-21-14-22-30-28(32)33;1-2/h4-6,8-10,15-19,30H,3,7,11-14,20-23H2,1-2H3,(H-,29,31,32,33);1H3/p+1/b15-5-,24-4+;. The number of carbonyl (C=O) groups excluding carboxylic acids is 1. The van der Waals surface area contributed by atoms with Crippen molar-refractivity contribution in [3.8, 4) is 0 Å². The largest absolute Gasteiger partial charge is 0.465 e. The fraction of sp³-hybridized carbons (Fsp3) is 0.448. The second kappa shape index (κ2) is 19.0. The molecule has 2 rings (SSSR count). The van der Waals surface area contributed by atoms with Gasteiger partial charge in [0.2, 0.25) is 5.91 Å². The van der Waals surface area contributed by atoms with Crippen LogP contribution in [0.5, 0.6) is 0 Å². The third-order valence-electron chi connectivity index (χ3n) is 5.97. The Hall–Kier alpha value is -2.17. The molecular weight excluding hydrogens is 535 g/mol. The van der Waals surface area contributed by atoms with E-state index in [4.69, 9.17) is 5.11 Å². The Kier molecular flexibility index (Phi) is 16.8. The molecule has 0 aliphatic heterocycles. The molecule has 7 heteroatoms. The molecule has 1 unspecified atom stereocenters. The van der Waals surface area contributed by atoms with Crippen molar-refractivity contribution < 1.29 is 14.7 Å². The van der Waals surface area contributed by atoms with Crippen LogP contribution in [0.25, 0.3) is 0 Å². The van der Waals surface area contributed by atoms with E-state index in [1.165, 1.54) is 15.9 Å². The number of carboxylic acid groups (broad SMARTS) is 1. The summed E-state index contributed by atoms with van der Waals surface area (Å²) in [7, 11) is -1.81. The molecule has 0 saturated carbocycles. The first-order valence-corrected chi connectivity index (χ1v) is 16.4. The van der Waals surface area contributed by atoms with Crippen molar-refractivity contribution in [3.63, 3.8) is 0 Å². The van der Waals surface area contributed by atoms with E-state index in [0.717, 1.165) is 38.3 Å². The van der Waals surface area contributed by atoms with Crippen molar-refractivity contribution in [3.05, 3.63) is 77.4 Å². The number of halogens is 1. The number of allylic oxidation sites excluding steroid dienone is 8. The molecule has 2 amide bonds. The fourth-order valence-electron chi connectivity index (χ4n) is 4.32. The number of hydrogen-bond donors (Lipinski definition) is 3. The molecule has 0 heterocycles. The van der Waals surface area contributed by atoms with E-state index >= 15 is 0 Å². The quantitative estimate of drug-likeness (QED) is 0.0933. The van der Waals surface area contributed by atoms with Gasteiger partial charge in [-0.3, -0.25) is 4.79 Å². The van der Waals surface area contributed by atoms with Gasteiger partial charge in [0.1, 0.15) is 17.9 Å². The van der Waals surface area contributed by atoms with Crippen LogP contribution in [-0.4, -0.2) is 42.2 Å². The van der Waals surface area contributed by atoms with Gasteiger partial charge < -0.3 is 15.7 Å². The minimum atomic E-state index is -1.81. The van der Waals surface area contributed by atoms with Gasteiger partial charge in [-0.05, 0) is 87.7 Å². The van der Waals surface area contributed by atoms with Crippen molar-refractivity contribution in [2.75, 3.05) is 25.1 Å². The lowest BCUT2D eigenvalue weighted by molar-refractivity contribution is -0.121. The second-order valence-corrected chi connectivity index (χ2v) is 12.0. The zero-order chi connectivity index (χ0) is 26.7. The van der Waals surface area contributed by atoms with E-state index in [2.05, 4.69) is 107 Å². The predicted molar refractivity (Wildman–Crippen MR) is 160 cm³/mol. The molecule has 198 valence electrons. The zero-order valence-corrected chi connectivity index (χ0v) is 24.5. The first-order chi connectivity index (χ1) is 17.5. The zero-order valence-electron chi connectivity index (χ0n) is 22.0. The fourth-order valence-corrected chi connectivity index (χ4v) is 8.97. The van der Waals surface area contributed by atoms with Gasteiger partial charge in [-0.1, -0.05) is 53.2 Å².